The molecule has 1 aliphatic rings. The zero-order chi connectivity index (χ0) is 18.4. The SMILES string of the molecule is COCc1cc(Cl)ccc1N1Cc2c(oc3c(Cl)cccc3c2=O)C1=O. The molecule has 26 heavy (non-hydrogen) atoms. The van der Waals surface area contributed by atoms with E-state index in [-0.39, 0.29) is 29.9 Å². The summed E-state index contributed by atoms with van der Waals surface area (Å²) >= 11 is 12.2. The van der Waals surface area contributed by atoms with Crippen LogP contribution in [0.25, 0.3) is 11.0 Å². The summed E-state index contributed by atoms with van der Waals surface area (Å²) < 4.78 is 10.9. The van der Waals surface area contributed by atoms with Gasteiger partial charge in [-0.3, -0.25) is 9.59 Å². The van der Waals surface area contributed by atoms with Gasteiger partial charge < -0.3 is 14.1 Å². The zero-order valence-electron chi connectivity index (χ0n) is 13.7. The first kappa shape index (κ1) is 17.1. The van der Waals surface area contributed by atoms with Gasteiger partial charge in [-0.2, -0.15) is 0 Å². The van der Waals surface area contributed by atoms with Gasteiger partial charge in [-0.05, 0) is 30.3 Å². The van der Waals surface area contributed by atoms with Crippen LogP contribution in [0.1, 0.15) is 21.7 Å². The van der Waals surface area contributed by atoms with Crippen LogP contribution in [-0.2, 0) is 17.9 Å². The fourth-order valence-electron chi connectivity index (χ4n) is 3.17. The molecule has 0 fully saturated rings. The van der Waals surface area contributed by atoms with Crippen molar-refractivity contribution in [1.82, 2.24) is 0 Å². The molecule has 4 rings (SSSR count). The highest BCUT2D eigenvalue weighted by molar-refractivity contribution is 6.34. The minimum absolute atomic E-state index is 0.0221. The van der Waals surface area contributed by atoms with E-state index in [1.165, 1.54) is 4.90 Å². The number of anilines is 1. The highest BCUT2D eigenvalue weighted by atomic mass is 35.5. The molecule has 0 N–H and O–H groups in total. The quantitative estimate of drug-likeness (QED) is 0.665. The van der Waals surface area contributed by atoms with Gasteiger partial charge in [-0.15, -0.1) is 0 Å². The molecule has 1 aromatic heterocycles. The third-order valence-corrected chi connectivity index (χ3v) is 4.88. The lowest BCUT2D eigenvalue weighted by Gasteiger charge is -2.19. The van der Waals surface area contributed by atoms with Gasteiger partial charge >= 0.3 is 0 Å². The Hall–Kier alpha value is -2.34. The maximum Gasteiger partial charge on any atom is 0.294 e. The molecule has 0 bridgehead atoms. The van der Waals surface area contributed by atoms with Crippen LogP contribution in [0, 0.1) is 0 Å². The molecule has 3 aromatic rings. The van der Waals surface area contributed by atoms with Gasteiger partial charge in [-0.1, -0.05) is 29.3 Å². The lowest BCUT2D eigenvalue weighted by molar-refractivity contribution is 0.0973. The van der Waals surface area contributed by atoms with Gasteiger partial charge in [0, 0.05) is 17.7 Å². The average molecular weight is 390 g/mol. The summed E-state index contributed by atoms with van der Waals surface area (Å²) in [5.41, 5.74) is 1.67. The van der Waals surface area contributed by atoms with Crippen molar-refractivity contribution in [2.45, 2.75) is 13.2 Å². The first-order chi connectivity index (χ1) is 12.5. The van der Waals surface area contributed by atoms with E-state index in [4.69, 9.17) is 32.4 Å². The summed E-state index contributed by atoms with van der Waals surface area (Å²) in [5.74, 6) is -0.368. The van der Waals surface area contributed by atoms with E-state index >= 15 is 0 Å². The Labute approximate surface area is 158 Å². The number of methoxy groups -OCH3 is 1. The fourth-order valence-corrected chi connectivity index (χ4v) is 3.58. The number of para-hydroxylation sites is 1. The summed E-state index contributed by atoms with van der Waals surface area (Å²) in [4.78, 5) is 27.2. The molecule has 2 aromatic carbocycles. The molecule has 1 amide bonds. The number of nitrogens with zero attached hydrogens (tertiary/aromatic N) is 1. The number of carbonyl (C=O) groups is 1. The van der Waals surface area contributed by atoms with Crippen molar-refractivity contribution < 1.29 is 13.9 Å². The molecule has 0 atom stereocenters. The predicted octanol–water partition coefficient (Wildman–Crippen LogP) is 4.41. The van der Waals surface area contributed by atoms with Crippen LogP contribution in [-0.4, -0.2) is 13.0 Å². The number of halogens is 2. The van der Waals surface area contributed by atoms with E-state index in [9.17, 15) is 9.59 Å². The molecule has 132 valence electrons. The first-order valence-electron chi connectivity index (χ1n) is 7.84. The molecule has 0 saturated heterocycles. The standard InChI is InChI=1S/C19H13Cl2NO4/c1-25-9-10-7-11(20)5-6-15(10)22-8-13-16(23)12-3-2-4-14(21)17(12)26-18(13)19(22)24/h2-7H,8-9H2,1H3. The second-order valence-electron chi connectivity index (χ2n) is 5.95. The Kier molecular flexibility index (Phi) is 4.23. The number of hydrogen-bond acceptors (Lipinski definition) is 4. The van der Waals surface area contributed by atoms with E-state index in [0.717, 1.165) is 5.56 Å². The van der Waals surface area contributed by atoms with Crippen molar-refractivity contribution in [1.29, 1.82) is 0 Å². The number of carbonyl (C=O) groups excluding carboxylic acids is 1. The lowest BCUT2D eigenvalue weighted by atomic mass is 10.1. The molecule has 2 heterocycles. The number of benzene rings is 2. The predicted molar refractivity (Wildman–Crippen MR) is 100 cm³/mol. The molecule has 0 saturated carbocycles. The van der Waals surface area contributed by atoms with Gasteiger partial charge in [0.05, 0.1) is 34.8 Å². The van der Waals surface area contributed by atoms with Gasteiger partial charge in [0.1, 0.15) is 0 Å². The van der Waals surface area contributed by atoms with Crippen LogP contribution < -0.4 is 10.3 Å². The normalized spacial score (nSPS) is 13.5. The average Bonchev–Trinajstić information content (AvgIpc) is 2.94. The van der Waals surface area contributed by atoms with Gasteiger partial charge in [0.2, 0.25) is 5.76 Å². The van der Waals surface area contributed by atoms with Crippen molar-refractivity contribution in [3.63, 3.8) is 0 Å². The maximum absolute atomic E-state index is 12.9. The van der Waals surface area contributed by atoms with Gasteiger partial charge in [0.25, 0.3) is 5.91 Å². The third kappa shape index (κ3) is 2.60. The molecule has 0 spiro atoms. The Morgan fingerprint density at radius 1 is 1.19 bits per heavy atom. The highest BCUT2D eigenvalue weighted by Gasteiger charge is 2.35. The number of hydrogen-bond donors (Lipinski definition) is 0. The molecule has 1 aliphatic heterocycles. The maximum atomic E-state index is 12.9. The van der Waals surface area contributed by atoms with Crippen LogP contribution >= 0.6 is 23.2 Å². The fraction of sp³-hybridized carbons (Fsp3) is 0.158. The lowest BCUT2D eigenvalue weighted by Crippen LogP contribution is -2.24. The Balaban J connectivity index is 1.87. The van der Waals surface area contributed by atoms with Crippen molar-refractivity contribution in [2.24, 2.45) is 0 Å². The van der Waals surface area contributed by atoms with Crippen LogP contribution in [0.3, 0.4) is 0 Å². The smallest absolute Gasteiger partial charge is 0.294 e. The van der Waals surface area contributed by atoms with E-state index in [1.807, 2.05) is 0 Å². The van der Waals surface area contributed by atoms with Gasteiger partial charge in [-0.25, -0.2) is 0 Å². The number of ether oxygens (including phenoxy) is 1. The molecular weight excluding hydrogens is 377 g/mol. The Bertz CT molecular complexity index is 1110. The Morgan fingerprint density at radius 2 is 2.00 bits per heavy atom. The summed E-state index contributed by atoms with van der Waals surface area (Å²) in [6.07, 6.45) is 0. The van der Waals surface area contributed by atoms with Crippen LogP contribution in [0.4, 0.5) is 5.69 Å². The van der Waals surface area contributed by atoms with E-state index in [0.29, 0.717) is 26.7 Å². The minimum Gasteiger partial charge on any atom is -0.449 e. The first-order valence-corrected chi connectivity index (χ1v) is 8.60. The van der Waals surface area contributed by atoms with Crippen molar-refractivity contribution in [2.75, 3.05) is 12.0 Å². The number of amides is 1. The summed E-state index contributed by atoms with van der Waals surface area (Å²) in [7, 11) is 1.56. The molecule has 5 nitrogen and oxygen atoms in total. The van der Waals surface area contributed by atoms with Crippen molar-refractivity contribution in [3.8, 4) is 0 Å². The third-order valence-electron chi connectivity index (χ3n) is 4.35. The van der Waals surface area contributed by atoms with Gasteiger partial charge in [0.15, 0.2) is 11.0 Å². The largest absolute Gasteiger partial charge is 0.449 e. The number of rotatable bonds is 3. The highest BCUT2D eigenvalue weighted by Crippen LogP contribution is 2.34. The van der Waals surface area contributed by atoms with E-state index < -0.39 is 5.91 Å². The summed E-state index contributed by atoms with van der Waals surface area (Å²) in [6.45, 7) is 0.405. The topological polar surface area (TPSA) is 59.8 Å². The second-order valence-corrected chi connectivity index (χ2v) is 6.80. The van der Waals surface area contributed by atoms with Crippen LogP contribution in [0.5, 0.6) is 0 Å². The van der Waals surface area contributed by atoms with Crippen LogP contribution in [0.2, 0.25) is 10.0 Å². The Morgan fingerprint density at radius 3 is 2.77 bits per heavy atom. The van der Waals surface area contributed by atoms with Crippen molar-refractivity contribution in [3.05, 3.63) is 73.6 Å². The molecular formula is C19H13Cl2NO4. The molecule has 0 radical (unpaired) electrons. The summed E-state index contributed by atoms with van der Waals surface area (Å²) in [6, 6.07) is 10.1. The molecule has 0 aliphatic carbocycles. The van der Waals surface area contributed by atoms with E-state index in [2.05, 4.69) is 0 Å². The second kappa shape index (κ2) is 6.43. The van der Waals surface area contributed by atoms with Crippen LogP contribution in [0.15, 0.2) is 45.6 Å². The number of fused-ring (bicyclic) bond motifs is 2. The molecule has 7 heteroatoms. The molecule has 0 unspecified atom stereocenters. The van der Waals surface area contributed by atoms with E-state index in [1.54, 1.807) is 43.5 Å². The monoisotopic (exact) mass is 389 g/mol. The van der Waals surface area contributed by atoms with Crippen molar-refractivity contribution >= 4 is 45.8 Å². The summed E-state index contributed by atoms with van der Waals surface area (Å²) in [5, 5.41) is 1.19. The minimum atomic E-state index is -0.390. The zero-order valence-corrected chi connectivity index (χ0v) is 15.2.